The maximum absolute atomic E-state index is 10.4. The molecule has 27 heavy (non-hydrogen) atoms. The highest BCUT2D eigenvalue weighted by Crippen LogP contribution is 2.57. The Morgan fingerprint density at radius 1 is 1.22 bits per heavy atom. The Labute approximate surface area is 179 Å². The van der Waals surface area contributed by atoms with Gasteiger partial charge in [-0.2, -0.15) is 0 Å². The topological polar surface area (TPSA) is 47.9 Å². The van der Waals surface area contributed by atoms with E-state index in [1.807, 2.05) is 6.92 Å². The summed E-state index contributed by atoms with van der Waals surface area (Å²) in [5.74, 6) is 0. The monoisotopic (exact) mass is 492 g/mol. The van der Waals surface area contributed by atoms with Crippen LogP contribution in [0.1, 0.15) is 55.4 Å². The van der Waals surface area contributed by atoms with Gasteiger partial charge in [0.15, 0.2) is 0 Å². The molecule has 1 rings (SSSR count). The van der Waals surface area contributed by atoms with E-state index in [2.05, 4.69) is 76.8 Å². The molecule has 1 N–H and O–H groups in total. The Bertz CT molecular complexity index is 630. The lowest BCUT2D eigenvalue weighted by atomic mass is 9.64. The second kappa shape index (κ2) is 9.10. The van der Waals surface area contributed by atoms with Crippen molar-refractivity contribution in [1.29, 1.82) is 0 Å². The van der Waals surface area contributed by atoms with Crippen LogP contribution in [0, 0.1) is 10.8 Å². The minimum atomic E-state index is -0.691. The van der Waals surface area contributed by atoms with Gasteiger partial charge in [-0.05, 0) is 53.0 Å². The molecule has 0 amide bonds. The molecule has 1 heterocycles. The lowest BCUT2D eigenvalue weighted by Crippen LogP contribution is -2.49. The van der Waals surface area contributed by atoms with E-state index in [-0.39, 0.29) is 23.5 Å². The highest BCUT2D eigenvalue weighted by molar-refractivity contribution is 14.1. The quantitative estimate of drug-likeness (QED) is 0.417. The van der Waals surface area contributed by atoms with E-state index in [4.69, 9.17) is 14.2 Å². The van der Waals surface area contributed by atoms with Gasteiger partial charge in [0.05, 0.1) is 13.2 Å². The molecule has 0 aliphatic carbocycles. The second-order valence-corrected chi connectivity index (χ2v) is 10.5. The molecule has 0 fully saturated rings. The normalized spacial score (nSPS) is 24.8. The molecule has 0 radical (unpaired) electrons. The average Bonchev–Trinajstić information content (AvgIpc) is 2.77. The molecule has 3 atom stereocenters. The summed E-state index contributed by atoms with van der Waals surface area (Å²) in [6.07, 6.45) is -0.784. The number of hydrogen-bond donors (Lipinski definition) is 1. The molecule has 156 valence electrons. The lowest BCUT2D eigenvalue weighted by molar-refractivity contribution is -0.0934. The first-order chi connectivity index (χ1) is 12.2. The van der Waals surface area contributed by atoms with Crippen LogP contribution in [-0.2, 0) is 14.2 Å². The van der Waals surface area contributed by atoms with Gasteiger partial charge in [0.25, 0.3) is 0 Å². The minimum absolute atomic E-state index is 0.0931. The molecule has 0 aromatic rings. The van der Waals surface area contributed by atoms with Gasteiger partial charge in [0, 0.05) is 28.8 Å². The maximum atomic E-state index is 10.4. The molecule has 0 spiro atoms. The molecule has 0 aromatic heterocycles. The van der Waals surface area contributed by atoms with Gasteiger partial charge in [-0.15, -0.1) is 5.73 Å². The summed E-state index contributed by atoms with van der Waals surface area (Å²) in [6, 6.07) is 0. The highest BCUT2D eigenvalue weighted by atomic mass is 127. The van der Waals surface area contributed by atoms with Crippen molar-refractivity contribution in [2.24, 2.45) is 10.8 Å². The smallest absolute Gasteiger partial charge is 0.133 e. The maximum Gasteiger partial charge on any atom is 0.133 e. The van der Waals surface area contributed by atoms with Crippen molar-refractivity contribution in [3.05, 3.63) is 26.0 Å². The zero-order valence-corrected chi connectivity index (χ0v) is 20.8. The van der Waals surface area contributed by atoms with Crippen LogP contribution in [0.5, 0.6) is 0 Å². The Morgan fingerprint density at radius 2 is 1.78 bits per heavy atom. The number of hydrogen-bond acceptors (Lipinski definition) is 4. The van der Waals surface area contributed by atoms with Crippen LogP contribution in [0.2, 0.25) is 0 Å². The van der Waals surface area contributed by atoms with Crippen LogP contribution in [-0.4, -0.2) is 50.3 Å². The van der Waals surface area contributed by atoms with E-state index in [1.54, 1.807) is 14.2 Å². The van der Waals surface area contributed by atoms with Crippen molar-refractivity contribution in [2.75, 3.05) is 27.4 Å². The summed E-state index contributed by atoms with van der Waals surface area (Å²) >= 11 is 2.43. The van der Waals surface area contributed by atoms with Gasteiger partial charge in [0.2, 0.25) is 0 Å². The van der Waals surface area contributed by atoms with E-state index >= 15 is 0 Å². The molecular weight excluding hydrogens is 455 g/mol. The van der Waals surface area contributed by atoms with Gasteiger partial charge in [-0.25, -0.2) is 0 Å². The standard InChI is InChI=1S/C22H37IO4/c1-14(16(24)12-25-9)11-18(20(3,4)5)22(21(6,7)8)19(23)15(2)17(27-22)13-26-10/h16-17,24H,12-13H2,1-10H3. The van der Waals surface area contributed by atoms with Crippen molar-refractivity contribution >= 4 is 22.6 Å². The van der Waals surface area contributed by atoms with Crippen molar-refractivity contribution in [3.8, 4) is 0 Å². The van der Waals surface area contributed by atoms with Crippen molar-refractivity contribution < 1.29 is 19.3 Å². The molecule has 3 unspecified atom stereocenters. The summed E-state index contributed by atoms with van der Waals surface area (Å²) in [5.41, 5.74) is 5.48. The molecular formula is C22H37IO4. The predicted molar refractivity (Wildman–Crippen MR) is 119 cm³/mol. The Morgan fingerprint density at radius 3 is 2.19 bits per heavy atom. The lowest BCUT2D eigenvalue weighted by Gasteiger charge is -2.47. The van der Waals surface area contributed by atoms with Gasteiger partial charge in [-0.1, -0.05) is 41.5 Å². The number of halogens is 1. The van der Waals surface area contributed by atoms with E-state index < -0.39 is 11.7 Å². The van der Waals surface area contributed by atoms with Gasteiger partial charge >= 0.3 is 0 Å². The van der Waals surface area contributed by atoms with Crippen molar-refractivity contribution in [1.82, 2.24) is 0 Å². The van der Waals surface area contributed by atoms with Gasteiger partial charge in [-0.3, -0.25) is 0 Å². The molecule has 1 aliphatic rings. The summed E-state index contributed by atoms with van der Waals surface area (Å²) < 4.78 is 18.5. The first-order valence-electron chi connectivity index (χ1n) is 9.42. The number of rotatable bonds is 6. The predicted octanol–water partition coefficient (Wildman–Crippen LogP) is 5.05. The Balaban J connectivity index is 3.82. The summed E-state index contributed by atoms with van der Waals surface area (Å²) in [7, 11) is 3.29. The fourth-order valence-corrected chi connectivity index (χ4v) is 5.05. The van der Waals surface area contributed by atoms with Crippen molar-refractivity contribution in [2.45, 2.75) is 73.2 Å². The van der Waals surface area contributed by atoms with E-state index in [9.17, 15) is 5.11 Å². The minimum Gasteiger partial charge on any atom is -0.386 e. The second-order valence-electron chi connectivity index (χ2n) is 9.39. The third-order valence-electron chi connectivity index (χ3n) is 5.08. The number of ether oxygens (including phenoxy) is 3. The fourth-order valence-electron chi connectivity index (χ4n) is 3.50. The zero-order valence-electron chi connectivity index (χ0n) is 18.6. The van der Waals surface area contributed by atoms with Crippen LogP contribution in [0.15, 0.2) is 26.0 Å². The molecule has 0 bridgehead atoms. The third-order valence-corrected chi connectivity index (χ3v) is 6.69. The Kier molecular flexibility index (Phi) is 8.38. The molecule has 4 nitrogen and oxygen atoms in total. The summed E-state index contributed by atoms with van der Waals surface area (Å²) in [6.45, 7) is 17.9. The number of methoxy groups -OCH3 is 2. The van der Waals surface area contributed by atoms with Gasteiger partial charge in [0.1, 0.15) is 17.8 Å². The SMILES string of the molecule is COCC(O)C(C)=C=C(C(C)(C)C)C1(C(C)(C)C)OC(COC)C(C)=C1I. The summed E-state index contributed by atoms with van der Waals surface area (Å²) in [4.78, 5) is 0. The average molecular weight is 492 g/mol. The summed E-state index contributed by atoms with van der Waals surface area (Å²) in [5, 5.41) is 10.4. The van der Waals surface area contributed by atoms with Crippen molar-refractivity contribution in [3.63, 3.8) is 0 Å². The molecule has 5 heteroatoms. The van der Waals surface area contributed by atoms with Crippen LogP contribution in [0.25, 0.3) is 0 Å². The van der Waals surface area contributed by atoms with Crippen LogP contribution >= 0.6 is 22.6 Å². The van der Waals surface area contributed by atoms with E-state index in [0.29, 0.717) is 6.61 Å². The zero-order chi connectivity index (χ0) is 21.2. The van der Waals surface area contributed by atoms with Crippen LogP contribution in [0.3, 0.4) is 0 Å². The molecule has 1 aliphatic heterocycles. The first-order valence-corrected chi connectivity index (χ1v) is 10.5. The van der Waals surface area contributed by atoms with E-state index in [1.165, 1.54) is 9.15 Å². The van der Waals surface area contributed by atoms with Gasteiger partial charge < -0.3 is 19.3 Å². The van der Waals surface area contributed by atoms with E-state index in [0.717, 1.165) is 11.1 Å². The molecule has 0 aromatic carbocycles. The molecule has 0 saturated heterocycles. The number of aliphatic hydroxyl groups is 1. The largest absolute Gasteiger partial charge is 0.386 e. The van der Waals surface area contributed by atoms with Crippen LogP contribution in [0.4, 0.5) is 0 Å². The number of aliphatic hydroxyl groups excluding tert-OH is 1. The molecule has 0 saturated carbocycles. The first kappa shape index (κ1) is 24.9. The third kappa shape index (κ3) is 5.06. The van der Waals surface area contributed by atoms with Crippen LogP contribution < -0.4 is 0 Å². The Hall–Kier alpha value is -0.170. The fraction of sp³-hybridized carbons (Fsp3) is 0.773. The highest BCUT2D eigenvalue weighted by Gasteiger charge is 2.57.